The number of carbonyl (C=O) groups is 1. The molecule has 2 aromatic rings. The monoisotopic (exact) mass is 427 g/mol. The average molecular weight is 428 g/mol. The number of allylic oxidation sites excluding steroid dienone is 2. The minimum atomic E-state index is -0.277. The van der Waals surface area contributed by atoms with Crippen LogP contribution in [-0.2, 0) is 4.79 Å². The van der Waals surface area contributed by atoms with E-state index in [-0.39, 0.29) is 11.7 Å². The zero-order valence-corrected chi connectivity index (χ0v) is 17.2. The fourth-order valence-corrected chi connectivity index (χ4v) is 4.51. The Balaban J connectivity index is 1.39. The van der Waals surface area contributed by atoms with E-state index in [1.807, 2.05) is 47.4 Å². The number of benzene rings is 2. The average Bonchev–Trinajstić information content (AvgIpc) is 3.09. The van der Waals surface area contributed by atoms with Crippen LogP contribution in [0, 0.1) is 5.82 Å². The lowest BCUT2D eigenvalue weighted by molar-refractivity contribution is -0.113. The summed E-state index contributed by atoms with van der Waals surface area (Å²) in [5, 5.41) is 1.16. The van der Waals surface area contributed by atoms with E-state index in [4.69, 9.17) is 11.6 Å². The minimum absolute atomic E-state index is 0.214. The van der Waals surface area contributed by atoms with Gasteiger partial charge in [-0.15, -0.1) is 0 Å². The number of nitrogens with zero attached hydrogens (tertiary/aromatic N) is 3. The molecule has 7 heteroatoms. The van der Waals surface area contributed by atoms with Crippen molar-refractivity contribution in [3.05, 3.63) is 82.0 Å². The van der Waals surface area contributed by atoms with Gasteiger partial charge in [0.25, 0.3) is 5.91 Å². The van der Waals surface area contributed by atoms with Gasteiger partial charge < -0.3 is 9.80 Å². The Morgan fingerprint density at radius 1 is 1.00 bits per heavy atom. The SMILES string of the molecule is O=C1N=C(N2CCN(c3ccccc3F)CC2)SC1=CC(Cl)=Cc1ccccc1. The van der Waals surface area contributed by atoms with Crippen LogP contribution in [0.2, 0.25) is 0 Å². The molecule has 148 valence electrons. The van der Waals surface area contributed by atoms with Crippen LogP contribution in [0.1, 0.15) is 5.56 Å². The third kappa shape index (κ3) is 4.71. The molecule has 29 heavy (non-hydrogen) atoms. The van der Waals surface area contributed by atoms with Gasteiger partial charge in [-0.3, -0.25) is 4.79 Å². The van der Waals surface area contributed by atoms with Crippen LogP contribution in [0.4, 0.5) is 10.1 Å². The number of anilines is 1. The van der Waals surface area contributed by atoms with E-state index in [2.05, 4.69) is 9.89 Å². The molecule has 2 heterocycles. The predicted octanol–water partition coefficient (Wildman–Crippen LogP) is 4.74. The zero-order chi connectivity index (χ0) is 20.2. The standard InChI is InChI=1S/C22H19ClFN3OS/c23-17(14-16-6-2-1-3-7-16)15-20-21(28)25-22(29-20)27-12-10-26(11-13-27)19-9-5-4-8-18(19)24/h1-9,14-15H,10-13H2. The van der Waals surface area contributed by atoms with Gasteiger partial charge in [-0.05, 0) is 41.6 Å². The van der Waals surface area contributed by atoms with Crippen LogP contribution in [0.15, 0.2) is 75.6 Å². The molecule has 1 fully saturated rings. The third-order valence-electron chi connectivity index (χ3n) is 4.73. The van der Waals surface area contributed by atoms with Crippen molar-refractivity contribution in [1.82, 2.24) is 4.90 Å². The lowest BCUT2D eigenvalue weighted by atomic mass is 10.2. The number of amides is 1. The number of halogens is 2. The molecule has 0 radical (unpaired) electrons. The first-order chi connectivity index (χ1) is 14.1. The Labute approximate surface area is 178 Å². The van der Waals surface area contributed by atoms with Crippen molar-refractivity contribution in [1.29, 1.82) is 0 Å². The maximum atomic E-state index is 14.0. The molecule has 2 aliphatic heterocycles. The fraction of sp³-hybridized carbons (Fsp3) is 0.182. The van der Waals surface area contributed by atoms with Gasteiger partial charge in [0, 0.05) is 31.2 Å². The van der Waals surface area contributed by atoms with Crippen molar-refractivity contribution in [3.8, 4) is 0 Å². The zero-order valence-electron chi connectivity index (χ0n) is 15.6. The second-order valence-corrected chi connectivity index (χ2v) is 8.12. The van der Waals surface area contributed by atoms with Gasteiger partial charge >= 0.3 is 0 Å². The number of aliphatic imine (C=N–C) groups is 1. The van der Waals surface area contributed by atoms with Gasteiger partial charge in [0.1, 0.15) is 5.82 Å². The summed E-state index contributed by atoms with van der Waals surface area (Å²) in [6.07, 6.45) is 3.47. The summed E-state index contributed by atoms with van der Waals surface area (Å²) in [5.41, 5.74) is 1.58. The number of hydrogen-bond donors (Lipinski definition) is 0. The molecule has 0 atom stereocenters. The van der Waals surface area contributed by atoms with Gasteiger partial charge in [-0.1, -0.05) is 54.1 Å². The summed E-state index contributed by atoms with van der Waals surface area (Å²) in [7, 11) is 0. The van der Waals surface area contributed by atoms with Crippen molar-refractivity contribution in [2.45, 2.75) is 0 Å². The first-order valence-corrected chi connectivity index (χ1v) is 10.5. The van der Waals surface area contributed by atoms with Crippen molar-refractivity contribution in [3.63, 3.8) is 0 Å². The topological polar surface area (TPSA) is 35.9 Å². The second-order valence-electron chi connectivity index (χ2n) is 6.68. The Morgan fingerprint density at radius 3 is 2.38 bits per heavy atom. The van der Waals surface area contributed by atoms with E-state index < -0.39 is 0 Å². The van der Waals surface area contributed by atoms with Gasteiger partial charge in [0.15, 0.2) is 5.17 Å². The van der Waals surface area contributed by atoms with Crippen LogP contribution in [-0.4, -0.2) is 42.2 Å². The summed E-state index contributed by atoms with van der Waals surface area (Å²) in [6.45, 7) is 2.69. The highest BCUT2D eigenvalue weighted by atomic mass is 35.5. The largest absolute Gasteiger partial charge is 0.366 e. The lowest BCUT2D eigenvalue weighted by Gasteiger charge is -2.36. The molecule has 1 amide bonds. The Morgan fingerprint density at radius 2 is 1.66 bits per heavy atom. The summed E-state index contributed by atoms with van der Waals surface area (Å²) in [4.78, 5) is 21.1. The highest BCUT2D eigenvalue weighted by molar-refractivity contribution is 8.18. The number of amidine groups is 1. The number of para-hydroxylation sites is 1. The summed E-state index contributed by atoms with van der Waals surface area (Å²) < 4.78 is 14.0. The Hall–Kier alpha value is -2.57. The molecule has 0 unspecified atom stereocenters. The molecule has 0 aromatic heterocycles. The van der Waals surface area contributed by atoms with E-state index >= 15 is 0 Å². The summed E-state index contributed by atoms with van der Waals surface area (Å²) in [6, 6.07) is 16.5. The van der Waals surface area contributed by atoms with Gasteiger partial charge in [-0.2, -0.15) is 4.99 Å². The number of piperazine rings is 1. The van der Waals surface area contributed by atoms with Crippen molar-refractivity contribution < 1.29 is 9.18 Å². The van der Waals surface area contributed by atoms with E-state index in [0.717, 1.165) is 5.56 Å². The maximum Gasteiger partial charge on any atom is 0.286 e. The molecular weight excluding hydrogens is 409 g/mol. The third-order valence-corrected chi connectivity index (χ3v) is 5.99. The normalized spacial score (nSPS) is 19.1. The van der Waals surface area contributed by atoms with Crippen LogP contribution >= 0.6 is 23.4 Å². The van der Waals surface area contributed by atoms with Gasteiger partial charge in [0.2, 0.25) is 0 Å². The summed E-state index contributed by atoms with van der Waals surface area (Å²) >= 11 is 7.64. The maximum absolute atomic E-state index is 14.0. The second kappa shape index (κ2) is 8.84. The highest BCUT2D eigenvalue weighted by Crippen LogP contribution is 2.31. The molecule has 4 nitrogen and oxygen atoms in total. The molecule has 1 saturated heterocycles. The van der Waals surface area contributed by atoms with Crippen molar-refractivity contribution >= 4 is 46.2 Å². The number of rotatable bonds is 3. The molecule has 0 N–H and O–H groups in total. The fourth-order valence-electron chi connectivity index (χ4n) is 3.26. The van der Waals surface area contributed by atoms with E-state index in [1.165, 1.54) is 17.8 Å². The van der Waals surface area contributed by atoms with Crippen LogP contribution < -0.4 is 4.90 Å². The summed E-state index contributed by atoms with van der Waals surface area (Å²) in [5.74, 6) is -0.491. The number of thioether (sulfide) groups is 1. The molecule has 4 rings (SSSR count). The first-order valence-electron chi connectivity index (χ1n) is 9.29. The van der Waals surface area contributed by atoms with E-state index in [0.29, 0.717) is 47.0 Å². The Bertz CT molecular complexity index is 998. The molecule has 2 aliphatic rings. The number of hydrogen-bond acceptors (Lipinski definition) is 4. The van der Waals surface area contributed by atoms with Crippen LogP contribution in [0.5, 0.6) is 0 Å². The Kier molecular flexibility index (Phi) is 6.02. The van der Waals surface area contributed by atoms with E-state index in [9.17, 15) is 9.18 Å². The van der Waals surface area contributed by atoms with Crippen LogP contribution in [0.3, 0.4) is 0 Å². The van der Waals surface area contributed by atoms with Crippen LogP contribution in [0.25, 0.3) is 6.08 Å². The first kappa shape index (κ1) is 19.7. The molecule has 0 spiro atoms. The highest BCUT2D eigenvalue weighted by Gasteiger charge is 2.29. The smallest absolute Gasteiger partial charge is 0.286 e. The van der Waals surface area contributed by atoms with Gasteiger partial charge in [-0.25, -0.2) is 4.39 Å². The molecule has 0 bridgehead atoms. The quantitative estimate of drug-likeness (QED) is 0.663. The molecule has 2 aromatic carbocycles. The van der Waals surface area contributed by atoms with Crippen molar-refractivity contribution in [2.24, 2.45) is 4.99 Å². The molecule has 0 aliphatic carbocycles. The van der Waals surface area contributed by atoms with E-state index in [1.54, 1.807) is 18.2 Å². The van der Waals surface area contributed by atoms with Gasteiger partial charge in [0.05, 0.1) is 10.6 Å². The molecule has 0 saturated carbocycles. The molecular formula is C22H19ClFN3OS. The number of carbonyl (C=O) groups excluding carboxylic acids is 1. The van der Waals surface area contributed by atoms with Crippen molar-refractivity contribution in [2.75, 3.05) is 31.1 Å². The minimum Gasteiger partial charge on any atom is -0.366 e. The lowest BCUT2D eigenvalue weighted by Crippen LogP contribution is -2.48. The predicted molar refractivity (Wildman–Crippen MR) is 119 cm³/mol.